The van der Waals surface area contributed by atoms with Crippen LogP contribution >= 0.6 is 11.8 Å². The van der Waals surface area contributed by atoms with E-state index in [1.54, 1.807) is 18.5 Å². The summed E-state index contributed by atoms with van der Waals surface area (Å²) in [5, 5.41) is 2.37. The van der Waals surface area contributed by atoms with Crippen LogP contribution in [0.4, 0.5) is 10.5 Å². The molecule has 1 aliphatic heterocycles. The van der Waals surface area contributed by atoms with Crippen molar-refractivity contribution in [1.82, 2.24) is 14.5 Å². The average Bonchev–Trinajstić information content (AvgIpc) is 3.20. The Balaban J connectivity index is 1.54. The van der Waals surface area contributed by atoms with Crippen LogP contribution in [0.15, 0.2) is 53.7 Å². The zero-order valence-corrected chi connectivity index (χ0v) is 19.7. The third-order valence-corrected chi connectivity index (χ3v) is 6.51. The second-order valence-corrected chi connectivity index (χ2v) is 8.94. The Morgan fingerprint density at radius 2 is 1.73 bits per heavy atom. The molecular formula is C25H24N4O3S. The van der Waals surface area contributed by atoms with Crippen LogP contribution < -0.4 is 5.32 Å². The lowest BCUT2D eigenvalue weighted by molar-refractivity contribution is -0.127. The first kappa shape index (κ1) is 22.5. The number of carbonyl (C=O) groups excluding carboxylic acids is 3. The minimum Gasteiger partial charge on any atom is -0.324 e. The smallest absolute Gasteiger partial charge is 0.294 e. The number of para-hydroxylation sites is 1. The number of imide groups is 1. The highest BCUT2D eigenvalue weighted by Crippen LogP contribution is 2.33. The first-order valence-electron chi connectivity index (χ1n) is 10.5. The minimum atomic E-state index is -0.463. The largest absolute Gasteiger partial charge is 0.324 e. The zero-order chi connectivity index (χ0) is 23.7. The van der Waals surface area contributed by atoms with Crippen LogP contribution in [0.25, 0.3) is 11.8 Å². The van der Waals surface area contributed by atoms with Gasteiger partial charge < -0.3 is 9.88 Å². The van der Waals surface area contributed by atoms with Crippen molar-refractivity contribution in [1.29, 1.82) is 0 Å². The van der Waals surface area contributed by atoms with Crippen molar-refractivity contribution in [3.8, 4) is 5.69 Å². The Labute approximate surface area is 196 Å². The predicted molar refractivity (Wildman–Crippen MR) is 130 cm³/mol. The lowest BCUT2D eigenvalue weighted by atomic mass is 10.1. The summed E-state index contributed by atoms with van der Waals surface area (Å²) in [6.07, 6.45) is 5.17. The molecule has 4 rings (SSSR count). The van der Waals surface area contributed by atoms with Gasteiger partial charge in [-0.1, -0.05) is 18.2 Å². The molecule has 33 heavy (non-hydrogen) atoms. The number of hydrogen-bond donors (Lipinski definition) is 1. The number of nitrogens with zero attached hydrogens (tertiary/aromatic N) is 3. The van der Waals surface area contributed by atoms with Gasteiger partial charge in [0, 0.05) is 35.2 Å². The fourth-order valence-electron chi connectivity index (χ4n) is 3.94. The summed E-state index contributed by atoms with van der Waals surface area (Å²) in [6, 6.07) is 11.5. The van der Waals surface area contributed by atoms with Crippen LogP contribution in [0.1, 0.15) is 28.1 Å². The van der Waals surface area contributed by atoms with Gasteiger partial charge in [-0.2, -0.15) is 0 Å². The van der Waals surface area contributed by atoms with Crippen LogP contribution in [0.5, 0.6) is 0 Å². The van der Waals surface area contributed by atoms with Crippen LogP contribution in [-0.4, -0.2) is 38.0 Å². The number of aryl methyl sites for hydroxylation is 3. The highest BCUT2D eigenvalue weighted by atomic mass is 32.2. The van der Waals surface area contributed by atoms with Crippen molar-refractivity contribution in [3.05, 3.63) is 81.8 Å². The molecule has 1 aromatic carbocycles. The molecule has 1 N–H and O–H groups in total. The van der Waals surface area contributed by atoms with Gasteiger partial charge in [-0.3, -0.25) is 24.3 Å². The molecule has 0 aliphatic carbocycles. The van der Waals surface area contributed by atoms with Crippen LogP contribution in [-0.2, 0) is 9.59 Å². The van der Waals surface area contributed by atoms with Crippen molar-refractivity contribution in [3.63, 3.8) is 0 Å². The number of rotatable bonds is 5. The molecule has 0 atom stereocenters. The van der Waals surface area contributed by atoms with Crippen molar-refractivity contribution >= 4 is 40.6 Å². The lowest BCUT2D eigenvalue weighted by Gasteiger charge is -2.15. The summed E-state index contributed by atoms with van der Waals surface area (Å²) < 4.78 is 2.07. The van der Waals surface area contributed by atoms with Crippen LogP contribution in [0, 0.1) is 27.7 Å². The molecule has 0 radical (unpaired) electrons. The summed E-state index contributed by atoms with van der Waals surface area (Å²) in [5.41, 5.74) is 6.29. The lowest BCUT2D eigenvalue weighted by Crippen LogP contribution is -2.36. The molecule has 168 valence electrons. The van der Waals surface area contributed by atoms with E-state index >= 15 is 0 Å². The quantitative estimate of drug-likeness (QED) is 0.554. The summed E-state index contributed by atoms with van der Waals surface area (Å²) in [7, 11) is 0. The van der Waals surface area contributed by atoms with Gasteiger partial charge in [0.2, 0.25) is 5.91 Å². The predicted octanol–water partition coefficient (Wildman–Crippen LogP) is 4.78. The molecule has 0 saturated carbocycles. The van der Waals surface area contributed by atoms with E-state index in [-0.39, 0.29) is 6.54 Å². The maximum Gasteiger partial charge on any atom is 0.294 e. The molecular weight excluding hydrogens is 436 g/mol. The molecule has 1 saturated heterocycles. The first-order chi connectivity index (χ1) is 15.8. The number of pyridine rings is 1. The number of nitrogens with one attached hydrogen (secondary N) is 1. The normalized spacial score (nSPS) is 14.9. The highest BCUT2D eigenvalue weighted by Gasteiger charge is 2.36. The van der Waals surface area contributed by atoms with Gasteiger partial charge in [0.05, 0.1) is 4.91 Å². The van der Waals surface area contributed by atoms with Crippen LogP contribution in [0.3, 0.4) is 0 Å². The van der Waals surface area contributed by atoms with Crippen molar-refractivity contribution in [2.45, 2.75) is 27.7 Å². The summed E-state index contributed by atoms with van der Waals surface area (Å²) >= 11 is 0.850. The van der Waals surface area contributed by atoms with E-state index in [9.17, 15) is 14.4 Å². The fraction of sp³-hybridized carbons (Fsp3) is 0.200. The standard InChI is InChI=1S/C25H24N4O3S/c1-15-6-5-7-16(2)23(15)27-22(30)14-28-24(31)21(33-25(28)32)13-19-12-17(3)29(18(19)4)20-8-10-26-11-9-20/h5-13H,14H2,1-4H3,(H,27,30). The second-order valence-electron chi connectivity index (χ2n) is 7.95. The Kier molecular flexibility index (Phi) is 6.20. The van der Waals surface area contributed by atoms with Gasteiger partial charge in [0.15, 0.2) is 0 Å². The van der Waals surface area contributed by atoms with E-state index < -0.39 is 17.1 Å². The van der Waals surface area contributed by atoms with E-state index in [0.717, 1.165) is 50.4 Å². The van der Waals surface area contributed by atoms with Gasteiger partial charge in [0.1, 0.15) is 6.54 Å². The van der Waals surface area contributed by atoms with Gasteiger partial charge >= 0.3 is 0 Å². The molecule has 8 heteroatoms. The number of benzene rings is 1. The number of hydrogen-bond acceptors (Lipinski definition) is 5. The first-order valence-corrected chi connectivity index (χ1v) is 11.3. The zero-order valence-electron chi connectivity index (χ0n) is 18.9. The van der Waals surface area contributed by atoms with E-state index in [0.29, 0.717) is 10.6 Å². The number of anilines is 1. The summed E-state index contributed by atoms with van der Waals surface area (Å²) in [5.74, 6) is -0.873. The van der Waals surface area contributed by atoms with E-state index in [4.69, 9.17) is 0 Å². The Morgan fingerprint density at radius 1 is 1.06 bits per heavy atom. The second kappa shape index (κ2) is 9.07. The molecule has 2 aromatic heterocycles. The monoisotopic (exact) mass is 460 g/mol. The van der Waals surface area contributed by atoms with Crippen molar-refractivity contribution < 1.29 is 14.4 Å². The summed E-state index contributed by atoms with van der Waals surface area (Å²) in [4.78, 5) is 43.4. The third kappa shape index (κ3) is 4.47. The van der Waals surface area contributed by atoms with Crippen LogP contribution in [0.2, 0.25) is 0 Å². The van der Waals surface area contributed by atoms with Gasteiger partial charge in [-0.05, 0) is 80.4 Å². The number of aromatic nitrogens is 2. The average molecular weight is 461 g/mol. The molecule has 0 bridgehead atoms. The maximum atomic E-state index is 12.9. The Morgan fingerprint density at radius 3 is 2.39 bits per heavy atom. The number of carbonyl (C=O) groups is 3. The molecule has 1 aliphatic rings. The van der Waals surface area contributed by atoms with Crippen molar-refractivity contribution in [2.75, 3.05) is 11.9 Å². The van der Waals surface area contributed by atoms with E-state index in [1.807, 2.05) is 64.1 Å². The number of thioether (sulfide) groups is 1. The third-order valence-electron chi connectivity index (χ3n) is 5.60. The van der Waals surface area contributed by atoms with Crippen molar-refractivity contribution in [2.24, 2.45) is 0 Å². The fourth-order valence-corrected chi connectivity index (χ4v) is 4.77. The number of amides is 3. The Bertz CT molecular complexity index is 1270. The highest BCUT2D eigenvalue weighted by molar-refractivity contribution is 8.18. The molecule has 7 nitrogen and oxygen atoms in total. The molecule has 0 unspecified atom stereocenters. The summed E-state index contributed by atoms with van der Waals surface area (Å²) in [6.45, 7) is 7.41. The van der Waals surface area contributed by atoms with Gasteiger partial charge in [0.25, 0.3) is 11.1 Å². The molecule has 3 heterocycles. The molecule has 3 aromatic rings. The molecule has 1 fully saturated rings. The maximum absolute atomic E-state index is 12.9. The van der Waals surface area contributed by atoms with E-state index in [1.165, 1.54) is 0 Å². The SMILES string of the molecule is Cc1cccc(C)c1NC(=O)CN1C(=O)SC(=Cc2cc(C)n(-c3ccncc3)c2C)C1=O. The van der Waals surface area contributed by atoms with E-state index in [2.05, 4.69) is 14.9 Å². The van der Waals surface area contributed by atoms with Gasteiger partial charge in [-0.15, -0.1) is 0 Å². The molecule has 0 spiro atoms. The topological polar surface area (TPSA) is 84.3 Å². The molecule has 3 amide bonds. The minimum absolute atomic E-state index is 0.301. The van der Waals surface area contributed by atoms with Gasteiger partial charge in [-0.25, -0.2) is 0 Å². The Hall–Kier alpha value is -3.65.